The Labute approximate surface area is 149 Å². The first-order valence-corrected chi connectivity index (χ1v) is 8.12. The molecular formula is C19H17FN4O2. The summed E-state index contributed by atoms with van der Waals surface area (Å²) >= 11 is 0. The van der Waals surface area contributed by atoms with Crippen molar-refractivity contribution >= 4 is 17.6 Å². The van der Waals surface area contributed by atoms with E-state index in [1.54, 1.807) is 36.4 Å². The number of nitrogens with one attached hydrogen (secondary N) is 1. The second kappa shape index (κ2) is 7.69. The van der Waals surface area contributed by atoms with E-state index in [0.717, 1.165) is 5.69 Å². The smallest absolute Gasteiger partial charge is 0.307 e. The molecule has 26 heavy (non-hydrogen) atoms. The Morgan fingerprint density at radius 1 is 1.12 bits per heavy atom. The van der Waals surface area contributed by atoms with Crippen molar-refractivity contribution in [2.75, 3.05) is 5.32 Å². The fourth-order valence-electron chi connectivity index (χ4n) is 2.40. The average molecular weight is 352 g/mol. The van der Waals surface area contributed by atoms with Crippen LogP contribution in [-0.4, -0.2) is 26.0 Å². The van der Waals surface area contributed by atoms with Crippen LogP contribution in [0.5, 0.6) is 0 Å². The maximum absolute atomic E-state index is 13.5. The molecule has 132 valence electrons. The van der Waals surface area contributed by atoms with E-state index in [4.69, 9.17) is 5.11 Å². The molecule has 0 aliphatic heterocycles. The Hall–Kier alpha value is -3.35. The summed E-state index contributed by atoms with van der Waals surface area (Å²) in [7, 11) is 0. The molecule has 0 atom stereocenters. The van der Waals surface area contributed by atoms with E-state index in [0.29, 0.717) is 35.1 Å². The largest absolute Gasteiger partial charge is 0.481 e. The number of hydrogen-bond acceptors (Lipinski definition) is 5. The molecule has 6 nitrogen and oxygen atoms in total. The highest BCUT2D eigenvalue weighted by atomic mass is 19.1. The lowest BCUT2D eigenvalue weighted by atomic mass is 10.1. The second-order valence-electron chi connectivity index (χ2n) is 5.66. The number of anilines is 2. The van der Waals surface area contributed by atoms with Crippen molar-refractivity contribution in [3.8, 4) is 11.4 Å². The third-order valence-corrected chi connectivity index (χ3v) is 3.65. The molecule has 0 amide bonds. The summed E-state index contributed by atoms with van der Waals surface area (Å²) < 4.78 is 13.5. The van der Waals surface area contributed by atoms with Crippen LogP contribution in [0.3, 0.4) is 0 Å². The summed E-state index contributed by atoms with van der Waals surface area (Å²) in [6.45, 7) is 1.93. The normalized spacial score (nSPS) is 10.5. The Morgan fingerprint density at radius 2 is 1.88 bits per heavy atom. The van der Waals surface area contributed by atoms with Crippen LogP contribution in [0, 0.1) is 5.82 Å². The van der Waals surface area contributed by atoms with Gasteiger partial charge in [0.15, 0.2) is 5.82 Å². The summed E-state index contributed by atoms with van der Waals surface area (Å²) in [5.74, 6) is 0.0905. The lowest BCUT2D eigenvalue weighted by Gasteiger charge is -2.09. The number of aryl methyl sites for hydroxylation is 1. The molecule has 2 aromatic carbocycles. The number of carbonyl (C=O) groups is 1. The van der Waals surface area contributed by atoms with Crippen molar-refractivity contribution < 1.29 is 14.3 Å². The number of rotatable bonds is 6. The molecule has 0 unspecified atom stereocenters. The summed E-state index contributed by atoms with van der Waals surface area (Å²) in [6.07, 6.45) is 0.576. The highest BCUT2D eigenvalue weighted by Crippen LogP contribution is 2.20. The Kier molecular flexibility index (Phi) is 5.17. The second-order valence-corrected chi connectivity index (χ2v) is 5.66. The maximum atomic E-state index is 13.5. The van der Waals surface area contributed by atoms with Crippen LogP contribution in [0.15, 0.2) is 48.5 Å². The van der Waals surface area contributed by atoms with Gasteiger partial charge in [0.2, 0.25) is 5.95 Å². The van der Waals surface area contributed by atoms with Gasteiger partial charge in [-0.1, -0.05) is 31.2 Å². The maximum Gasteiger partial charge on any atom is 0.307 e. The molecular weight excluding hydrogens is 335 g/mol. The zero-order valence-electron chi connectivity index (χ0n) is 14.1. The topological polar surface area (TPSA) is 88.0 Å². The van der Waals surface area contributed by atoms with Gasteiger partial charge in [0, 0.05) is 17.7 Å². The van der Waals surface area contributed by atoms with Gasteiger partial charge in [-0.2, -0.15) is 9.97 Å². The third-order valence-electron chi connectivity index (χ3n) is 3.65. The fourth-order valence-corrected chi connectivity index (χ4v) is 2.40. The Morgan fingerprint density at radius 3 is 2.54 bits per heavy atom. The molecule has 0 radical (unpaired) electrons. The zero-order valence-corrected chi connectivity index (χ0v) is 14.1. The first kappa shape index (κ1) is 17.5. The highest BCUT2D eigenvalue weighted by Gasteiger charge is 2.09. The van der Waals surface area contributed by atoms with E-state index in [1.807, 2.05) is 6.92 Å². The minimum atomic E-state index is -0.879. The zero-order chi connectivity index (χ0) is 18.5. The molecule has 2 N–H and O–H groups in total. The van der Waals surface area contributed by atoms with Gasteiger partial charge in [0.25, 0.3) is 0 Å². The summed E-state index contributed by atoms with van der Waals surface area (Å²) in [5, 5.41) is 11.9. The van der Waals surface area contributed by atoms with Crippen molar-refractivity contribution in [2.45, 2.75) is 19.8 Å². The van der Waals surface area contributed by atoms with Gasteiger partial charge < -0.3 is 10.4 Å². The van der Waals surface area contributed by atoms with Crippen LogP contribution >= 0.6 is 0 Å². The number of aromatic nitrogens is 3. The van der Waals surface area contributed by atoms with Crippen LogP contribution < -0.4 is 5.32 Å². The number of halogens is 1. The molecule has 0 aliphatic carbocycles. The molecule has 1 heterocycles. The quantitative estimate of drug-likeness (QED) is 0.705. The molecule has 7 heteroatoms. The molecule has 0 bridgehead atoms. The van der Waals surface area contributed by atoms with E-state index >= 15 is 0 Å². The summed E-state index contributed by atoms with van der Waals surface area (Å²) in [4.78, 5) is 23.8. The number of hydrogen-bond donors (Lipinski definition) is 2. The third kappa shape index (κ3) is 4.38. The van der Waals surface area contributed by atoms with Crippen molar-refractivity contribution in [3.63, 3.8) is 0 Å². The van der Waals surface area contributed by atoms with E-state index < -0.39 is 5.97 Å². The first-order chi connectivity index (χ1) is 12.5. The number of benzene rings is 2. The molecule has 0 spiro atoms. The Bertz CT molecular complexity index is 929. The number of aliphatic carboxylic acids is 1. The molecule has 0 aliphatic rings. The van der Waals surface area contributed by atoms with E-state index in [-0.39, 0.29) is 12.2 Å². The number of carboxylic acids is 1. The number of carboxylic acid groups (broad SMARTS) is 1. The molecule has 0 saturated carbocycles. The van der Waals surface area contributed by atoms with Crippen LogP contribution in [0.2, 0.25) is 0 Å². The van der Waals surface area contributed by atoms with Crippen LogP contribution in [0.1, 0.15) is 18.3 Å². The summed E-state index contributed by atoms with van der Waals surface area (Å²) in [5.41, 5.74) is 1.99. The van der Waals surface area contributed by atoms with Gasteiger partial charge in [0.05, 0.1) is 6.42 Å². The molecule has 1 aromatic heterocycles. The van der Waals surface area contributed by atoms with E-state index in [9.17, 15) is 9.18 Å². The van der Waals surface area contributed by atoms with Gasteiger partial charge >= 0.3 is 5.97 Å². The first-order valence-electron chi connectivity index (χ1n) is 8.12. The minimum Gasteiger partial charge on any atom is -0.481 e. The molecule has 0 fully saturated rings. The van der Waals surface area contributed by atoms with Crippen LogP contribution in [-0.2, 0) is 17.6 Å². The lowest BCUT2D eigenvalue weighted by Crippen LogP contribution is -2.05. The van der Waals surface area contributed by atoms with Crippen molar-refractivity contribution in [1.29, 1.82) is 0 Å². The number of nitrogens with zero attached hydrogens (tertiary/aromatic N) is 3. The lowest BCUT2D eigenvalue weighted by molar-refractivity contribution is -0.136. The van der Waals surface area contributed by atoms with Gasteiger partial charge in [-0.05, 0) is 29.8 Å². The van der Waals surface area contributed by atoms with Gasteiger partial charge in [0.1, 0.15) is 11.6 Å². The Balaban J connectivity index is 1.87. The fraction of sp³-hybridized carbons (Fsp3) is 0.158. The average Bonchev–Trinajstić information content (AvgIpc) is 2.62. The standard InChI is InChI=1S/C19H17FN4O2/c1-2-16-22-18(13-4-3-5-14(20)11-13)24-19(23-16)21-15-8-6-12(7-9-15)10-17(25)26/h3-9,11H,2,10H2,1H3,(H,25,26)(H,21,22,23,24). The van der Waals surface area contributed by atoms with E-state index in [1.165, 1.54) is 12.1 Å². The summed E-state index contributed by atoms with van der Waals surface area (Å²) in [6, 6.07) is 13.1. The van der Waals surface area contributed by atoms with Gasteiger partial charge in [-0.3, -0.25) is 4.79 Å². The van der Waals surface area contributed by atoms with Crippen LogP contribution in [0.4, 0.5) is 16.0 Å². The van der Waals surface area contributed by atoms with Crippen molar-refractivity contribution in [1.82, 2.24) is 15.0 Å². The van der Waals surface area contributed by atoms with Crippen molar-refractivity contribution in [2.24, 2.45) is 0 Å². The predicted octanol–water partition coefficient (Wildman–Crippen LogP) is 3.61. The van der Waals surface area contributed by atoms with Gasteiger partial charge in [-0.15, -0.1) is 0 Å². The van der Waals surface area contributed by atoms with Gasteiger partial charge in [-0.25, -0.2) is 9.37 Å². The molecule has 3 rings (SSSR count). The molecule has 0 saturated heterocycles. The van der Waals surface area contributed by atoms with Crippen LogP contribution in [0.25, 0.3) is 11.4 Å². The SMILES string of the molecule is CCc1nc(Nc2ccc(CC(=O)O)cc2)nc(-c2cccc(F)c2)n1. The van der Waals surface area contributed by atoms with Crippen molar-refractivity contribution in [3.05, 3.63) is 65.7 Å². The van der Waals surface area contributed by atoms with E-state index in [2.05, 4.69) is 20.3 Å². The molecule has 3 aromatic rings. The monoisotopic (exact) mass is 352 g/mol. The predicted molar refractivity (Wildman–Crippen MR) is 95.7 cm³/mol. The minimum absolute atomic E-state index is 0.0320. The highest BCUT2D eigenvalue weighted by molar-refractivity contribution is 5.70.